The van der Waals surface area contributed by atoms with Crippen LogP contribution in [0.2, 0.25) is 0 Å². The van der Waals surface area contributed by atoms with Crippen LogP contribution in [0.1, 0.15) is 19.8 Å². The maximum Gasteiger partial charge on any atom is 0.248 e. The zero-order valence-electron chi connectivity index (χ0n) is 8.67. The van der Waals surface area contributed by atoms with Crippen LogP contribution >= 0.6 is 15.9 Å². The van der Waals surface area contributed by atoms with E-state index in [1.54, 1.807) is 0 Å². The Kier molecular flexibility index (Phi) is 5.48. The van der Waals surface area contributed by atoms with Crippen LogP contribution in [0.25, 0.3) is 0 Å². The highest BCUT2D eigenvalue weighted by atomic mass is 79.9. The topological polar surface area (TPSA) is 29.5 Å². The lowest BCUT2D eigenvalue weighted by molar-refractivity contribution is -0.137. The third kappa shape index (κ3) is 3.58. The number of amides is 1. The molecule has 1 aliphatic heterocycles. The second kappa shape index (κ2) is 6.40. The van der Waals surface area contributed by atoms with Crippen molar-refractivity contribution in [3.8, 4) is 0 Å². The number of carbonyl (C=O) groups is 1. The minimum atomic E-state index is 0.137. The van der Waals surface area contributed by atoms with Crippen LogP contribution in [-0.2, 0) is 9.53 Å². The van der Waals surface area contributed by atoms with Gasteiger partial charge in [0.2, 0.25) is 5.91 Å². The monoisotopic (exact) mass is 263 g/mol. The molecule has 0 radical (unpaired) electrons. The molecular formula is C10H18BrNO2. The number of carbonyl (C=O) groups excluding carboxylic acids is 1. The minimum Gasteiger partial charge on any atom is -0.372 e. The highest BCUT2D eigenvalue weighted by Gasteiger charge is 2.22. The van der Waals surface area contributed by atoms with Crippen LogP contribution in [-0.4, -0.2) is 42.4 Å². The summed E-state index contributed by atoms with van der Waals surface area (Å²) in [5.41, 5.74) is 0. The normalized spacial score (nSPS) is 22.4. The third-order valence-electron chi connectivity index (χ3n) is 2.52. The van der Waals surface area contributed by atoms with Crippen LogP contribution in [0.5, 0.6) is 0 Å². The quantitative estimate of drug-likeness (QED) is 0.723. The SMILES string of the molecule is CCOCC(=O)N1CCCC(CBr)C1. The molecule has 0 aromatic heterocycles. The van der Waals surface area contributed by atoms with Gasteiger partial charge in [0.15, 0.2) is 0 Å². The Morgan fingerprint density at radius 1 is 1.64 bits per heavy atom. The molecule has 1 unspecified atom stereocenters. The molecule has 0 N–H and O–H groups in total. The van der Waals surface area contributed by atoms with Crippen LogP contribution in [0, 0.1) is 5.92 Å². The summed E-state index contributed by atoms with van der Waals surface area (Å²) < 4.78 is 5.11. The Labute approximate surface area is 93.9 Å². The zero-order chi connectivity index (χ0) is 10.4. The van der Waals surface area contributed by atoms with Crippen molar-refractivity contribution in [3.05, 3.63) is 0 Å². The van der Waals surface area contributed by atoms with Crippen molar-refractivity contribution in [2.24, 2.45) is 5.92 Å². The minimum absolute atomic E-state index is 0.137. The van der Waals surface area contributed by atoms with Crippen molar-refractivity contribution in [3.63, 3.8) is 0 Å². The van der Waals surface area contributed by atoms with Crippen molar-refractivity contribution < 1.29 is 9.53 Å². The average Bonchev–Trinajstić information content (AvgIpc) is 2.26. The lowest BCUT2D eigenvalue weighted by atomic mass is 10.0. The van der Waals surface area contributed by atoms with Gasteiger partial charge in [-0.15, -0.1) is 0 Å². The van der Waals surface area contributed by atoms with E-state index < -0.39 is 0 Å². The fraction of sp³-hybridized carbons (Fsp3) is 0.900. The van der Waals surface area contributed by atoms with Gasteiger partial charge in [-0.1, -0.05) is 15.9 Å². The summed E-state index contributed by atoms with van der Waals surface area (Å²) in [5, 5.41) is 0.991. The second-order valence-electron chi connectivity index (χ2n) is 3.64. The summed E-state index contributed by atoms with van der Waals surface area (Å²) in [6.45, 7) is 4.55. The molecule has 3 nitrogen and oxygen atoms in total. The second-order valence-corrected chi connectivity index (χ2v) is 4.29. The van der Waals surface area contributed by atoms with Crippen LogP contribution < -0.4 is 0 Å². The third-order valence-corrected chi connectivity index (χ3v) is 3.44. The first-order chi connectivity index (χ1) is 6.77. The summed E-state index contributed by atoms with van der Waals surface area (Å²) in [5.74, 6) is 0.756. The van der Waals surface area contributed by atoms with Crippen molar-refractivity contribution in [1.29, 1.82) is 0 Å². The molecule has 1 fully saturated rings. The molecule has 1 aliphatic rings. The van der Waals surface area contributed by atoms with Gasteiger partial charge < -0.3 is 9.64 Å². The first kappa shape index (κ1) is 12.0. The van der Waals surface area contributed by atoms with Gasteiger partial charge in [-0.25, -0.2) is 0 Å². The van der Waals surface area contributed by atoms with Gasteiger partial charge in [-0.05, 0) is 25.7 Å². The van der Waals surface area contributed by atoms with Gasteiger partial charge in [0, 0.05) is 25.0 Å². The van der Waals surface area contributed by atoms with Gasteiger partial charge in [0.05, 0.1) is 0 Å². The Hall–Kier alpha value is -0.0900. The Morgan fingerprint density at radius 2 is 2.43 bits per heavy atom. The van der Waals surface area contributed by atoms with Gasteiger partial charge in [-0.3, -0.25) is 4.79 Å². The molecule has 1 atom stereocenters. The summed E-state index contributed by atoms with van der Waals surface area (Å²) >= 11 is 3.47. The van der Waals surface area contributed by atoms with Gasteiger partial charge >= 0.3 is 0 Å². The average molecular weight is 264 g/mol. The van der Waals surface area contributed by atoms with E-state index in [1.165, 1.54) is 6.42 Å². The Morgan fingerprint density at radius 3 is 3.07 bits per heavy atom. The van der Waals surface area contributed by atoms with E-state index in [0.717, 1.165) is 24.8 Å². The predicted octanol–water partition coefficient (Wildman–Crippen LogP) is 1.66. The molecule has 0 aromatic rings. The van der Waals surface area contributed by atoms with Crippen LogP contribution in [0.15, 0.2) is 0 Å². The van der Waals surface area contributed by atoms with Crippen molar-refractivity contribution >= 4 is 21.8 Å². The maximum atomic E-state index is 11.6. The fourth-order valence-electron chi connectivity index (χ4n) is 1.70. The Balaban J connectivity index is 2.31. The standard InChI is InChI=1S/C10H18BrNO2/c1-2-14-8-10(13)12-5-3-4-9(6-11)7-12/h9H,2-8H2,1H3. The van der Waals surface area contributed by atoms with E-state index in [4.69, 9.17) is 4.74 Å². The number of alkyl halides is 1. The number of rotatable bonds is 4. The van der Waals surface area contributed by atoms with E-state index in [0.29, 0.717) is 12.5 Å². The lowest BCUT2D eigenvalue weighted by Crippen LogP contribution is -2.42. The number of ether oxygens (including phenoxy) is 1. The largest absolute Gasteiger partial charge is 0.372 e. The van der Waals surface area contributed by atoms with Gasteiger partial charge in [0.1, 0.15) is 6.61 Å². The molecule has 0 aliphatic carbocycles. The molecule has 0 bridgehead atoms. The molecule has 82 valence electrons. The number of likely N-dealkylation sites (tertiary alicyclic amines) is 1. The molecule has 1 saturated heterocycles. The summed E-state index contributed by atoms with van der Waals surface area (Å²) in [6.07, 6.45) is 2.35. The number of hydrogen-bond donors (Lipinski definition) is 0. The predicted molar refractivity (Wildman–Crippen MR) is 59.6 cm³/mol. The van der Waals surface area contributed by atoms with E-state index in [-0.39, 0.29) is 12.5 Å². The molecule has 0 aromatic carbocycles. The summed E-state index contributed by atoms with van der Waals surface area (Å²) in [7, 11) is 0. The fourth-order valence-corrected chi connectivity index (χ4v) is 2.23. The molecule has 4 heteroatoms. The van der Waals surface area contributed by atoms with E-state index in [1.807, 2.05) is 11.8 Å². The van der Waals surface area contributed by atoms with Crippen molar-refractivity contribution in [2.75, 3.05) is 31.6 Å². The smallest absolute Gasteiger partial charge is 0.248 e. The maximum absolute atomic E-state index is 11.6. The zero-order valence-corrected chi connectivity index (χ0v) is 10.3. The molecule has 1 rings (SSSR count). The first-order valence-electron chi connectivity index (χ1n) is 5.19. The van der Waals surface area contributed by atoms with Crippen LogP contribution in [0.4, 0.5) is 0 Å². The highest BCUT2D eigenvalue weighted by molar-refractivity contribution is 9.09. The van der Waals surface area contributed by atoms with Crippen LogP contribution in [0.3, 0.4) is 0 Å². The van der Waals surface area contributed by atoms with E-state index >= 15 is 0 Å². The molecule has 1 amide bonds. The number of halogens is 1. The lowest BCUT2D eigenvalue weighted by Gasteiger charge is -2.31. The number of piperidine rings is 1. The Bertz CT molecular complexity index is 187. The molecule has 1 heterocycles. The summed E-state index contributed by atoms with van der Waals surface area (Å²) in [4.78, 5) is 13.5. The number of hydrogen-bond acceptors (Lipinski definition) is 2. The van der Waals surface area contributed by atoms with E-state index in [2.05, 4.69) is 15.9 Å². The van der Waals surface area contributed by atoms with E-state index in [9.17, 15) is 4.79 Å². The van der Waals surface area contributed by atoms with Crippen molar-refractivity contribution in [1.82, 2.24) is 4.90 Å². The molecular weight excluding hydrogens is 246 g/mol. The first-order valence-corrected chi connectivity index (χ1v) is 6.31. The molecule has 0 spiro atoms. The van der Waals surface area contributed by atoms with Crippen molar-refractivity contribution in [2.45, 2.75) is 19.8 Å². The number of nitrogens with zero attached hydrogens (tertiary/aromatic N) is 1. The molecule has 14 heavy (non-hydrogen) atoms. The molecule has 0 saturated carbocycles. The van der Waals surface area contributed by atoms with Gasteiger partial charge in [-0.2, -0.15) is 0 Å². The summed E-state index contributed by atoms with van der Waals surface area (Å²) in [6, 6.07) is 0. The van der Waals surface area contributed by atoms with Gasteiger partial charge in [0.25, 0.3) is 0 Å². The highest BCUT2D eigenvalue weighted by Crippen LogP contribution is 2.18.